The maximum atomic E-state index is 9.07. The Balaban J connectivity index is 0.000000471. The Labute approximate surface area is 146 Å². The lowest BCUT2D eigenvalue weighted by molar-refractivity contribution is -0.134. The third-order valence-electron chi connectivity index (χ3n) is 4.37. The molecule has 24 heavy (non-hydrogen) atoms. The summed E-state index contributed by atoms with van der Waals surface area (Å²) in [7, 11) is 0. The molecular formula is C17H25N3O3S. The summed E-state index contributed by atoms with van der Waals surface area (Å²) in [5.74, 6) is 1.05. The molecule has 1 fully saturated rings. The molecule has 1 aliphatic carbocycles. The summed E-state index contributed by atoms with van der Waals surface area (Å²) in [5.41, 5.74) is 0.214. The highest BCUT2D eigenvalue weighted by Crippen LogP contribution is 2.68. The average molecular weight is 351 g/mol. The van der Waals surface area contributed by atoms with Crippen molar-refractivity contribution in [2.75, 3.05) is 6.61 Å². The highest BCUT2D eigenvalue weighted by Gasteiger charge is 2.66. The smallest absolute Gasteiger partial charge is 0.300 e. The zero-order valence-electron chi connectivity index (χ0n) is 14.6. The molecule has 0 aliphatic heterocycles. The first-order valence-electron chi connectivity index (χ1n) is 8.01. The monoisotopic (exact) mass is 351 g/mol. The fourth-order valence-corrected chi connectivity index (χ4v) is 4.30. The molecule has 6 nitrogen and oxygen atoms in total. The molecule has 132 valence electrons. The topological polar surface area (TPSA) is 88.2 Å². The standard InChI is InChI=1S/C15H21N3OS.C2H4O2/c1-11-16-13(18(17-11)7-5-8-19)15(10-14(15,2)3)12-6-4-9-20-12;1-2(3)4/h4,6,9,19H,5,7-8,10H2,1-3H3;1H3,(H,3,4). The van der Waals surface area contributed by atoms with Crippen molar-refractivity contribution in [3.63, 3.8) is 0 Å². The summed E-state index contributed by atoms with van der Waals surface area (Å²) in [4.78, 5) is 15.1. The second-order valence-electron chi connectivity index (χ2n) is 6.75. The first-order chi connectivity index (χ1) is 11.2. The quantitative estimate of drug-likeness (QED) is 0.865. The van der Waals surface area contributed by atoms with E-state index in [-0.39, 0.29) is 17.4 Å². The second kappa shape index (κ2) is 7.03. The molecule has 0 amide bonds. The molecule has 1 saturated carbocycles. The summed E-state index contributed by atoms with van der Waals surface area (Å²) in [5, 5.41) is 23.1. The Kier molecular flexibility index (Phi) is 5.45. The van der Waals surface area contributed by atoms with Crippen LogP contribution in [-0.4, -0.2) is 37.6 Å². The van der Waals surface area contributed by atoms with E-state index in [1.807, 2.05) is 11.6 Å². The van der Waals surface area contributed by atoms with Crippen molar-refractivity contribution in [3.05, 3.63) is 34.0 Å². The van der Waals surface area contributed by atoms with Crippen LogP contribution in [0.2, 0.25) is 0 Å². The van der Waals surface area contributed by atoms with Gasteiger partial charge in [0.1, 0.15) is 11.6 Å². The normalized spacial score (nSPS) is 21.0. The number of hydrogen-bond acceptors (Lipinski definition) is 5. The second-order valence-corrected chi connectivity index (χ2v) is 7.69. The van der Waals surface area contributed by atoms with Gasteiger partial charge >= 0.3 is 0 Å². The van der Waals surface area contributed by atoms with Gasteiger partial charge in [0.05, 0.1) is 5.41 Å². The molecule has 3 rings (SSSR count). The number of aliphatic hydroxyl groups excluding tert-OH is 1. The molecule has 0 radical (unpaired) electrons. The molecule has 0 bridgehead atoms. The Morgan fingerprint density at radius 1 is 1.46 bits per heavy atom. The van der Waals surface area contributed by atoms with E-state index in [4.69, 9.17) is 20.0 Å². The van der Waals surface area contributed by atoms with Gasteiger partial charge in [-0.25, -0.2) is 9.67 Å². The number of thiophene rings is 1. The fourth-order valence-electron chi connectivity index (χ4n) is 3.20. The van der Waals surface area contributed by atoms with Crippen LogP contribution in [-0.2, 0) is 16.8 Å². The van der Waals surface area contributed by atoms with Crippen molar-refractivity contribution in [2.45, 2.75) is 52.5 Å². The highest BCUT2D eigenvalue weighted by molar-refractivity contribution is 7.10. The third-order valence-corrected chi connectivity index (χ3v) is 5.40. The number of aromatic nitrogens is 3. The van der Waals surface area contributed by atoms with Crippen LogP contribution in [0.25, 0.3) is 0 Å². The lowest BCUT2D eigenvalue weighted by atomic mass is 9.93. The van der Waals surface area contributed by atoms with Crippen molar-refractivity contribution in [1.29, 1.82) is 0 Å². The Hall–Kier alpha value is -1.73. The van der Waals surface area contributed by atoms with E-state index < -0.39 is 5.97 Å². The molecule has 7 heteroatoms. The van der Waals surface area contributed by atoms with Crippen LogP contribution in [0.3, 0.4) is 0 Å². The molecular weight excluding hydrogens is 326 g/mol. The molecule has 0 aromatic carbocycles. The van der Waals surface area contributed by atoms with Crippen LogP contribution in [0.15, 0.2) is 17.5 Å². The number of carbonyl (C=O) groups is 1. The van der Waals surface area contributed by atoms with Crippen molar-refractivity contribution in [2.24, 2.45) is 5.41 Å². The highest BCUT2D eigenvalue weighted by atomic mass is 32.1. The summed E-state index contributed by atoms with van der Waals surface area (Å²) in [6, 6.07) is 4.32. The molecule has 1 aliphatic rings. The molecule has 2 N–H and O–H groups in total. The number of hydrogen-bond donors (Lipinski definition) is 2. The van der Waals surface area contributed by atoms with Crippen molar-refractivity contribution >= 4 is 17.3 Å². The van der Waals surface area contributed by atoms with Crippen LogP contribution in [0.5, 0.6) is 0 Å². The van der Waals surface area contributed by atoms with E-state index in [1.54, 1.807) is 11.3 Å². The van der Waals surface area contributed by atoms with Gasteiger partial charge in [0, 0.05) is 25.0 Å². The van der Waals surface area contributed by atoms with Gasteiger partial charge in [-0.15, -0.1) is 11.3 Å². The van der Waals surface area contributed by atoms with E-state index in [2.05, 4.69) is 36.5 Å². The minimum atomic E-state index is -0.833. The number of nitrogens with zero attached hydrogens (tertiary/aromatic N) is 3. The fraction of sp³-hybridized carbons (Fsp3) is 0.588. The first-order valence-corrected chi connectivity index (χ1v) is 8.89. The van der Waals surface area contributed by atoms with Gasteiger partial charge in [0.15, 0.2) is 0 Å². The maximum Gasteiger partial charge on any atom is 0.300 e. The first kappa shape index (κ1) is 18.6. The third kappa shape index (κ3) is 3.52. The molecule has 1 unspecified atom stereocenters. The predicted molar refractivity (Wildman–Crippen MR) is 93.3 cm³/mol. The van der Waals surface area contributed by atoms with Gasteiger partial charge in [-0.2, -0.15) is 5.10 Å². The minimum Gasteiger partial charge on any atom is -0.481 e. The summed E-state index contributed by atoms with van der Waals surface area (Å²) in [6.45, 7) is 8.54. The summed E-state index contributed by atoms with van der Waals surface area (Å²) < 4.78 is 2.00. The van der Waals surface area contributed by atoms with Gasteiger partial charge < -0.3 is 10.2 Å². The van der Waals surface area contributed by atoms with Crippen molar-refractivity contribution in [3.8, 4) is 0 Å². The molecule has 0 saturated heterocycles. The Morgan fingerprint density at radius 2 is 2.08 bits per heavy atom. The number of carboxylic acid groups (broad SMARTS) is 1. The zero-order chi connectivity index (χ0) is 18.0. The van der Waals surface area contributed by atoms with Crippen LogP contribution < -0.4 is 0 Å². The summed E-state index contributed by atoms with van der Waals surface area (Å²) in [6.07, 6.45) is 1.83. The van der Waals surface area contributed by atoms with E-state index in [0.29, 0.717) is 0 Å². The van der Waals surface area contributed by atoms with Gasteiger partial charge in [-0.05, 0) is 36.6 Å². The largest absolute Gasteiger partial charge is 0.481 e. The van der Waals surface area contributed by atoms with Gasteiger partial charge in [-0.1, -0.05) is 19.9 Å². The van der Waals surface area contributed by atoms with Crippen molar-refractivity contribution in [1.82, 2.24) is 14.8 Å². The SMILES string of the molecule is CC(=O)O.Cc1nc(C2(c3cccs3)CC2(C)C)n(CCCO)n1. The molecule has 2 aromatic heterocycles. The van der Waals surface area contributed by atoms with Crippen LogP contribution in [0.1, 0.15) is 50.1 Å². The Morgan fingerprint density at radius 3 is 2.54 bits per heavy atom. The number of aryl methyl sites for hydroxylation is 2. The molecule has 2 heterocycles. The van der Waals surface area contributed by atoms with E-state index >= 15 is 0 Å². The Bertz CT molecular complexity index is 690. The van der Waals surface area contributed by atoms with Gasteiger partial charge in [-0.3, -0.25) is 4.79 Å². The summed E-state index contributed by atoms with van der Waals surface area (Å²) >= 11 is 1.80. The number of rotatable bonds is 5. The lowest BCUT2D eigenvalue weighted by Gasteiger charge is -2.19. The average Bonchev–Trinajstić information content (AvgIpc) is 2.92. The number of aliphatic hydroxyl groups is 1. The van der Waals surface area contributed by atoms with Gasteiger partial charge in [0.2, 0.25) is 0 Å². The van der Waals surface area contributed by atoms with E-state index in [0.717, 1.165) is 38.0 Å². The molecule has 2 aromatic rings. The maximum absolute atomic E-state index is 9.07. The van der Waals surface area contributed by atoms with Gasteiger partial charge in [0.25, 0.3) is 5.97 Å². The predicted octanol–water partition coefficient (Wildman–Crippen LogP) is 2.84. The van der Waals surface area contributed by atoms with E-state index in [9.17, 15) is 0 Å². The lowest BCUT2D eigenvalue weighted by Crippen LogP contribution is -2.22. The van der Waals surface area contributed by atoms with Crippen LogP contribution in [0, 0.1) is 12.3 Å². The van der Waals surface area contributed by atoms with Crippen LogP contribution in [0.4, 0.5) is 0 Å². The van der Waals surface area contributed by atoms with Crippen molar-refractivity contribution < 1.29 is 15.0 Å². The van der Waals surface area contributed by atoms with E-state index in [1.165, 1.54) is 4.88 Å². The minimum absolute atomic E-state index is 0.00210. The molecule has 0 spiro atoms. The number of aliphatic carboxylic acids is 1. The zero-order valence-corrected chi connectivity index (χ0v) is 15.4. The molecule has 1 atom stereocenters. The number of carboxylic acids is 1. The van der Waals surface area contributed by atoms with Crippen LogP contribution >= 0.6 is 11.3 Å².